The summed E-state index contributed by atoms with van der Waals surface area (Å²) < 4.78 is 12.1. The first-order valence-corrected chi connectivity index (χ1v) is 8.19. The third kappa shape index (κ3) is 3.67. The van der Waals surface area contributed by atoms with E-state index in [4.69, 9.17) is 20.9 Å². The summed E-state index contributed by atoms with van der Waals surface area (Å²) >= 11 is 6.05. The van der Waals surface area contributed by atoms with Crippen LogP contribution < -0.4 is 5.32 Å². The van der Waals surface area contributed by atoms with Crippen LogP contribution in [0.5, 0.6) is 0 Å². The molecule has 130 valence electrons. The van der Waals surface area contributed by atoms with Crippen LogP contribution in [0.3, 0.4) is 0 Å². The van der Waals surface area contributed by atoms with E-state index in [1.165, 1.54) is 0 Å². The van der Waals surface area contributed by atoms with Crippen molar-refractivity contribution in [3.8, 4) is 0 Å². The van der Waals surface area contributed by atoms with Crippen LogP contribution in [0.4, 0.5) is 0 Å². The predicted octanol–water partition coefficient (Wildman–Crippen LogP) is 3.27. The summed E-state index contributed by atoms with van der Waals surface area (Å²) in [7, 11) is 1.26. The van der Waals surface area contributed by atoms with Crippen molar-refractivity contribution in [1.82, 2.24) is 5.32 Å². The monoisotopic (exact) mass is 351 g/mol. The summed E-state index contributed by atoms with van der Waals surface area (Å²) in [6.45, 7) is 8.42. The van der Waals surface area contributed by atoms with Gasteiger partial charge in [-0.2, -0.15) is 0 Å². The highest BCUT2D eigenvalue weighted by Gasteiger charge is 2.52. The highest BCUT2D eigenvalue weighted by molar-refractivity contribution is 6.56. The Labute approximate surface area is 148 Å². The summed E-state index contributed by atoms with van der Waals surface area (Å²) in [6, 6.07) is 5.01. The van der Waals surface area contributed by atoms with E-state index in [9.17, 15) is 9.90 Å². The van der Waals surface area contributed by atoms with E-state index in [-0.39, 0.29) is 10.6 Å². The molecule has 1 aliphatic rings. The zero-order valence-corrected chi connectivity index (χ0v) is 15.4. The normalized spacial score (nSPS) is 19.6. The van der Waals surface area contributed by atoms with Gasteiger partial charge in [0.2, 0.25) is 0 Å². The van der Waals surface area contributed by atoms with Crippen LogP contribution in [0.25, 0.3) is 6.08 Å². The minimum atomic E-state index is -1.07. The number of rotatable bonds is 5. The lowest BCUT2D eigenvalue weighted by atomic mass is 9.76. The van der Waals surface area contributed by atoms with E-state index in [1.54, 1.807) is 24.3 Å². The Morgan fingerprint density at radius 2 is 1.88 bits per heavy atom. The van der Waals surface area contributed by atoms with Crippen molar-refractivity contribution in [3.05, 3.63) is 39.8 Å². The van der Waals surface area contributed by atoms with Crippen LogP contribution in [0.1, 0.15) is 43.6 Å². The van der Waals surface area contributed by atoms with Crippen LogP contribution in [-0.2, 0) is 9.31 Å². The number of benzene rings is 1. The third-order valence-electron chi connectivity index (χ3n) is 4.54. The SMILES string of the molecule is CNCC(=Cc1cccc(Cl)c1C(=O)O)B1OC(C)(C)C(C)(C)O1. The lowest BCUT2D eigenvalue weighted by Gasteiger charge is -2.32. The van der Waals surface area contributed by atoms with Gasteiger partial charge in [-0.3, -0.25) is 0 Å². The Morgan fingerprint density at radius 3 is 2.38 bits per heavy atom. The van der Waals surface area contributed by atoms with Gasteiger partial charge in [-0.25, -0.2) is 4.79 Å². The summed E-state index contributed by atoms with van der Waals surface area (Å²) in [4.78, 5) is 11.5. The van der Waals surface area contributed by atoms with Crippen molar-refractivity contribution in [3.63, 3.8) is 0 Å². The molecule has 0 amide bonds. The van der Waals surface area contributed by atoms with E-state index in [2.05, 4.69) is 5.32 Å². The molecule has 5 nitrogen and oxygen atoms in total. The second kappa shape index (κ2) is 6.88. The molecule has 2 N–H and O–H groups in total. The minimum absolute atomic E-state index is 0.0734. The van der Waals surface area contributed by atoms with Crippen molar-refractivity contribution in [1.29, 1.82) is 0 Å². The fourth-order valence-electron chi connectivity index (χ4n) is 2.49. The largest absolute Gasteiger partial charge is 0.491 e. The van der Waals surface area contributed by atoms with Crippen molar-refractivity contribution >= 4 is 30.8 Å². The molecule has 1 aromatic carbocycles. The molecule has 1 saturated heterocycles. The van der Waals surface area contributed by atoms with Crippen LogP contribution >= 0.6 is 11.6 Å². The molecule has 0 aromatic heterocycles. The van der Waals surface area contributed by atoms with E-state index >= 15 is 0 Å². The Bertz CT molecular complexity index is 657. The zero-order chi connectivity index (χ0) is 18.1. The number of carbonyl (C=O) groups is 1. The quantitative estimate of drug-likeness (QED) is 0.797. The zero-order valence-electron chi connectivity index (χ0n) is 14.6. The van der Waals surface area contributed by atoms with Gasteiger partial charge >= 0.3 is 13.1 Å². The maximum atomic E-state index is 11.5. The van der Waals surface area contributed by atoms with Crippen LogP contribution in [0, 0.1) is 0 Å². The molecule has 24 heavy (non-hydrogen) atoms. The maximum absolute atomic E-state index is 11.5. The van der Waals surface area contributed by atoms with Gasteiger partial charge in [0.05, 0.1) is 21.8 Å². The lowest BCUT2D eigenvalue weighted by Crippen LogP contribution is -2.41. The molecule has 0 bridgehead atoms. The van der Waals surface area contributed by atoms with E-state index in [0.717, 1.165) is 5.47 Å². The fraction of sp³-hybridized carbons (Fsp3) is 0.471. The Hall–Kier alpha value is -1.34. The van der Waals surface area contributed by atoms with Crippen molar-refractivity contribution in [2.75, 3.05) is 13.6 Å². The highest BCUT2D eigenvalue weighted by Crippen LogP contribution is 2.39. The summed E-state index contributed by atoms with van der Waals surface area (Å²) in [5, 5.41) is 12.7. The van der Waals surface area contributed by atoms with Gasteiger partial charge in [0, 0.05) is 6.54 Å². The molecule has 1 aromatic rings. The Kier molecular flexibility index (Phi) is 5.45. The molecule has 0 spiro atoms. The van der Waals surface area contributed by atoms with Gasteiger partial charge in [-0.1, -0.05) is 29.8 Å². The number of hydrogen-bond donors (Lipinski definition) is 2. The van der Waals surface area contributed by atoms with Crippen molar-refractivity contribution in [2.45, 2.75) is 38.9 Å². The Balaban J connectivity index is 2.45. The molecular formula is C17H23BClNO4. The second-order valence-corrected chi connectivity index (χ2v) is 7.25. The Morgan fingerprint density at radius 1 is 1.29 bits per heavy atom. The third-order valence-corrected chi connectivity index (χ3v) is 4.85. The lowest BCUT2D eigenvalue weighted by molar-refractivity contribution is 0.00578. The van der Waals surface area contributed by atoms with E-state index in [1.807, 2.05) is 34.7 Å². The summed E-state index contributed by atoms with van der Waals surface area (Å²) in [6.07, 6.45) is 1.77. The van der Waals surface area contributed by atoms with Gasteiger partial charge in [-0.05, 0) is 51.8 Å². The van der Waals surface area contributed by atoms with Crippen molar-refractivity contribution < 1.29 is 19.2 Å². The average Bonchev–Trinajstić information content (AvgIpc) is 2.66. The van der Waals surface area contributed by atoms with Crippen LogP contribution in [0.15, 0.2) is 23.7 Å². The number of carboxylic acids is 1. The highest BCUT2D eigenvalue weighted by atomic mass is 35.5. The molecule has 1 fully saturated rings. The van der Waals surface area contributed by atoms with Crippen LogP contribution in [-0.4, -0.2) is 43.0 Å². The second-order valence-electron chi connectivity index (χ2n) is 6.85. The van der Waals surface area contributed by atoms with Gasteiger partial charge in [0.25, 0.3) is 0 Å². The van der Waals surface area contributed by atoms with Gasteiger partial charge < -0.3 is 19.7 Å². The molecule has 0 atom stereocenters. The first kappa shape index (κ1) is 19.0. The minimum Gasteiger partial charge on any atom is -0.478 e. The van der Waals surface area contributed by atoms with Crippen LogP contribution in [0.2, 0.25) is 5.02 Å². The molecular weight excluding hydrogens is 328 g/mol. The molecule has 0 radical (unpaired) electrons. The molecule has 7 heteroatoms. The number of halogens is 1. The number of hydrogen-bond acceptors (Lipinski definition) is 4. The standard InChI is InChI=1S/C17H23BClNO4/c1-16(2)17(3,4)24-18(23-16)12(10-20-5)9-11-7-6-8-13(19)14(11)15(21)22/h6-9,20H,10H2,1-5H3,(H,21,22). The number of carboxylic acid groups (broad SMARTS) is 1. The maximum Gasteiger partial charge on any atom is 0.491 e. The first-order valence-electron chi connectivity index (χ1n) is 7.81. The molecule has 1 aliphatic heterocycles. The number of nitrogens with one attached hydrogen (secondary N) is 1. The first-order chi connectivity index (χ1) is 11.1. The average molecular weight is 352 g/mol. The number of aromatic carboxylic acids is 1. The van der Waals surface area contributed by atoms with Gasteiger partial charge in [0.15, 0.2) is 0 Å². The molecule has 2 rings (SSSR count). The smallest absolute Gasteiger partial charge is 0.478 e. The molecule has 1 heterocycles. The fourth-order valence-corrected chi connectivity index (χ4v) is 2.75. The van der Waals surface area contributed by atoms with Gasteiger partial charge in [0.1, 0.15) is 0 Å². The topological polar surface area (TPSA) is 67.8 Å². The van der Waals surface area contributed by atoms with E-state index < -0.39 is 24.3 Å². The molecule has 0 unspecified atom stereocenters. The van der Waals surface area contributed by atoms with E-state index in [0.29, 0.717) is 12.1 Å². The van der Waals surface area contributed by atoms with Gasteiger partial charge in [-0.15, -0.1) is 0 Å². The molecule has 0 saturated carbocycles. The predicted molar refractivity (Wildman–Crippen MR) is 96.4 cm³/mol. The summed E-state index contributed by atoms with van der Waals surface area (Å²) in [5.74, 6) is -1.07. The molecule has 0 aliphatic carbocycles. The number of likely N-dealkylation sites (N-methyl/N-ethyl adjacent to an activating group) is 1. The van der Waals surface area contributed by atoms with Crippen molar-refractivity contribution in [2.24, 2.45) is 0 Å². The summed E-state index contributed by atoms with van der Waals surface area (Å²) in [5.41, 5.74) is 0.475.